The predicted molar refractivity (Wildman–Crippen MR) is 91.4 cm³/mol. The summed E-state index contributed by atoms with van der Waals surface area (Å²) in [6.07, 6.45) is -0.688. The maximum atomic E-state index is 12.2. The predicted octanol–water partition coefficient (Wildman–Crippen LogP) is 5.36. The number of anilines is 1. The molecule has 0 saturated heterocycles. The summed E-state index contributed by atoms with van der Waals surface area (Å²) in [7, 11) is 0. The summed E-state index contributed by atoms with van der Waals surface area (Å²) in [5.74, 6) is 0.328. The Bertz CT molecular complexity index is 704. The van der Waals surface area contributed by atoms with E-state index in [0.29, 0.717) is 26.5 Å². The van der Waals surface area contributed by atoms with Crippen LogP contribution in [-0.4, -0.2) is 12.0 Å². The molecule has 1 atom stereocenters. The summed E-state index contributed by atoms with van der Waals surface area (Å²) in [5.41, 5.74) is 1.34. The fourth-order valence-corrected chi connectivity index (χ4v) is 2.38. The van der Waals surface area contributed by atoms with Gasteiger partial charge in [0.25, 0.3) is 5.91 Å². The van der Waals surface area contributed by atoms with Crippen molar-refractivity contribution in [3.8, 4) is 5.75 Å². The van der Waals surface area contributed by atoms with Crippen molar-refractivity contribution in [2.45, 2.75) is 20.0 Å². The van der Waals surface area contributed by atoms with Gasteiger partial charge >= 0.3 is 0 Å². The lowest BCUT2D eigenvalue weighted by molar-refractivity contribution is -0.122. The molecule has 0 aliphatic carbocycles. The first kappa shape index (κ1) is 16.9. The van der Waals surface area contributed by atoms with Crippen molar-refractivity contribution in [3.63, 3.8) is 0 Å². The number of rotatable bonds is 4. The summed E-state index contributed by atoms with van der Waals surface area (Å²) in [6.45, 7) is 3.57. The molecular weight excluding hydrogens is 345 g/mol. The third kappa shape index (κ3) is 4.07. The highest BCUT2D eigenvalue weighted by Crippen LogP contribution is 2.32. The van der Waals surface area contributed by atoms with Gasteiger partial charge in [-0.25, -0.2) is 0 Å². The molecule has 0 radical (unpaired) electrons. The van der Waals surface area contributed by atoms with Crippen molar-refractivity contribution >= 4 is 46.4 Å². The second-order valence-corrected chi connectivity index (χ2v) is 5.98. The van der Waals surface area contributed by atoms with Crippen LogP contribution in [0.25, 0.3) is 0 Å². The molecule has 22 heavy (non-hydrogen) atoms. The quantitative estimate of drug-likeness (QED) is 0.747. The van der Waals surface area contributed by atoms with Crippen LogP contribution in [0.5, 0.6) is 5.75 Å². The highest BCUT2D eigenvalue weighted by molar-refractivity contribution is 6.44. The van der Waals surface area contributed by atoms with Crippen LogP contribution in [0.4, 0.5) is 5.69 Å². The topological polar surface area (TPSA) is 38.3 Å². The number of halogens is 3. The van der Waals surface area contributed by atoms with E-state index in [4.69, 9.17) is 39.5 Å². The first-order valence-electron chi connectivity index (χ1n) is 6.56. The minimum Gasteiger partial charge on any atom is -0.481 e. The van der Waals surface area contributed by atoms with Crippen LogP contribution in [0.15, 0.2) is 36.4 Å². The second-order valence-electron chi connectivity index (χ2n) is 4.76. The number of hydrogen-bond donors (Lipinski definition) is 1. The van der Waals surface area contributed by atoms with E-state index < -0.39 is 6.10 Å². The van der Waals surface area contributed by atoms with Gasteiger partial charge in [-0.05, 0) is 37.6 Å². The Morgan fingerprint density at radius 2 is 1.73 bits per heavy atom. The Balaban J connectivity index is 2.09. The summed E-state index contributed by atoms with van der Waals surface area (Å²) >= 11 is 17.8. The van der Waals surface area contributed by atoms with E-state index in [1.807, 2.05) is 31.2 Å². The van der Waals surface area contributed by atoms with E-state index in [1.165, 1.54) is 12.1 Å². The van der Waals surface area contributed by atoms with Crippen LogP contribution >= 0.6 is 34.8 Å². The normalized spacial score (nSPS) is 11.9. The van der Waals surface area contributed by atoms with Crippen LogP contribution in [0.3, 0.4) is 0 Å². The van der Waals surface area contributed by atoms with Gasteiger partial charge in [0.15, 0.2) is 6.10 Å². The number of aryl methyl sites for hydroxylation is 1. The van der Waals surface area contributed by atoms with Crippen LogP contribution in [-0.2, 0) is 4.79 Å². The summed E-state index contributed by atoms with van der Waals surface area (Å²) in [4.78, 5) is 12.2. The number of carbonyl (C=O) groups excluding carboxylic acids is 1. The Labute approximate surface area is 144 Å². The van der Waals surface area contributed by atoms with Crippen molar-refractivity contribution < 1.29 is 9.53 Å². The molecule has 0 heterocycles. The van der Waals surface area contributed by atoms with E-state index in [9.17, 15) is 4.79 Å². The zero-order valence-electron chi connectivity index (χ0n) is 12.0. The van der Waals surface area contributed by atoms with Gasteiger partial charge in [0.1, 0.15) is 5.75 Å². The zero-order valence-corrected chi connectivity index (χ0v) is 14.3. The minimum absolute atomic E-state index is 0.311. The van der Waals surface area contributed by atoms with Gasteiger partial charge in [0, 0.05) is 0 Å². The van der Waals surface area contributed by atoms with Gasteiger partial charge in [-0.2, -0.15) is 0 Å². The summed E-state index contributed by atoms with van der Waals surface area (Å²) in [6, 6.07) is 10.5. The third-order valence-electron chi connectivity index (χ3n) is 3.03. The zero-order chi connectivity index (χ0) is 16.3. The fraction of sp³-hybridized carbons (Fsp3) is 0.188. The molecule has 0 bridgehead atoms. The number of ether oxygens (including phenoxy) is 1. The maximum absolute atomic E-state index is 12.2. The van der Waals surface area contributed by atoms with Gasteiger partial charge < -0.3 is 10.1 Å². The van der Waals surface area contributed by atoms with Crippen LogP contribution in [0, 0.1) is 6.92 Å². The minimum atomic E-state index is -0.688. The lowest BCUT2D eigenvalue weighted by Gasteiger charge is -2.17. The average molecular weight is 359 g/mol. The van der Waals surface area contributed by atoms with E-state index in [-0.39, 0.29) is 5.91 Å². The van der Waals surface area contributed by atoms with E-state index in [0.717, 1.165) is 5.56 Å². The third-order valence-corrected chi connectivity index (χ3v) is 4.07. The Morgan fingerprint density at radius 1 is 1.09 bits per heavy atom. The molecule has 1 N–H and O–H groups in total. The van der Waals surface area contributed by atoms with Gasteiger partial charge in [-0.1, -0.05) is 53.0 Å². The summed E-state index contributed by atoms with van der Waals surface area (Å²) in [5, 5.41) is 3.63. The smallest absolute Gasteiger partial charge is 0.265 e. The number of amides is 1. The highest BCUT2D eigenvalue weighted by Gasteiger charge is 2.17. The lowest BCUT2D eigenvalue weighted by atomic mass is 10.2. The molecule has 0 aromatic heterocycles. The monoisotopic (exact) mass is 357 g/mol. The molecule has 2 rings (SSSR count). The molecule has 1 unspecified atom stereocenters. The molecule has 0 aliphatic heterocycles. The average Bonchev–Trinajstić information content (AvgIpc) is 2.47. The molecule has 0 aliphatic rings. The lowest BCUT2D eigenvalue weighted by Crippen LogP contribution is -2.30. The SMILES string of the molecule is Cc1ccccc1OC(C)C(=O)Nc1cc(Cl)c(Cl)cc1Cl. The second kappa shape index (κ2) is 7.23. The first-order chi connectivity index (χ1) is 10.4. The van der Waals surface area contributed by atoms with E-state index in [2.05, 4.69) is 5.32 Å². The molecule has 2 aromatic carbocycles. The number of hydrogen-bond acceptors (Lipinski definition) is 2. The Hall–Kier alpha value is -1.42. The Morgan fingerprint density at radius 3 is 2.41 bits per heavy atom. The van der Waals surface area contributed by atoms with Crippen LogP contribution < -0.4 is 10.1 Å². The molecule has 6 heteroatoms. The molecule has 0 fully saturated rings. The number of nitrogens with one attached hydrogen (secondary N) is 1. The van der Waals surface area contributed by atoms with Crippen molar-refractivity contribution in [2.24, 2.45) is 0 Å². The number of carbonyl (C=O) groups is 1. The number of benzene rings is 2. The molecule has 116 valence electrons. The van der Waals surface area contributed by atoms with E-state index >= 15 is 0 Å². The largest absolute Gasteiger partial charge is 0.481 e. The van der Waals surface area contributed by atoms with Gasteiger partial charge in [-0.15, -0.1) is 0 Å². The van der Waals surface area contributed by atoms with E-state index in [1.54, 1.807) is 6.92 Å². The highest BCUT2D eigenvalue weighted by atomic mass is 35.5. The van der Waals surface area contributed by atoms with Crippen LogP contribution in [0.1, 0.15) is 12.5 Å². The molecule has 0 spiro atoms. The summed E-state index contributed by atoms with van der Waals surface area (Å²) < 4.78 is 5.66. The molecule has 2 aromatic rings. The Kier molecular flexibility index (Phi) is 5.57. The van der Waals surface area contributed by atoms with Crippen molar-refractivity contribution in [1.82, 2.24) is 0 Å². The molecular formula is C16H14Cl3NO2. The van der Waals surface area contributed by atoms with Gasteiger partial charge in [0.2, 0.25) is 0 Å². The van der Waals surface area contributed by atoms with Crippen molar-refractivity contribution in [1.29, 1.82) is 0 Å². The van der Waals surface area contributed by atoms with Crippen molar-refractivity contribution in [2.75, 3.05) is 5.32 Å². The molecule has 0 saturated carbocycles. The fourth-order valence-electron chi connectivity index (χ4n) is 1.79. The number of para-hydroxylation sites is 1. The van der Waals surface area contributed by atoms with Gasteiger partial charge in [-0.3, -0.25) is 4.79 Å². The van der Waals surface area contributed by atoms with Crippen molar-refractivity contribution in [3.05, 3.63) is 57.0 Å². The maximum Gasteiger partial charge on any atom is 0.265 e. The molecule has 1 amide bonds. The van der Waals surface area contributed by atoms with Gasteiger partial charge in [0.05, 0.1) is 20.8 Å². The van der Waals surface area contributed by atoms with Crippen LogP contribution in [0.2, 0.25) is 15.1 Å². The standard InChI is InChI=1S/C16H14Cl3NO2/c1-9-5-3-4-6-15(9)22-10(2)16(21)20-14-8-12(18)11(17)7-13(14)19/h3-8,10H,1-2H3,(H,20,21). The first-order valence-corrected chi connectivity index (χ1v) is 7.69. The molecule has 3 nitrogen and oxygen atoms in total.